The van der Waals surface area contributed by atoms with Gasteiger partial charge in [-0.2, -0.15) is 0 Å². The fourth-order valence-corrected chi connectivity index (χ4v) is 6.35. The zero-order chi connectivity index (χ0) is 63.7. The van der Waals surface area contributed by atoms with Crippen LogP contribution in [0.1, 0.15) is 343 Å². The predicted molar refractivity (Wildman–Crippen MR) is 387 cm³/mol. The second-order valence-corrected chi connectivity index (χ2v) is 20.3. The molecule has 0 aromatic carbocycles. The van der Waals surface area contributed by atoms with Gasteiger partial charge in [-0.3, -0.25) is 0 Å². The van der Waals surface area contributed by atoms with Gasteiger partial charge in [0.1, 0.15) is 0 Å². The van der Waals surface area contributed by atoms with Gasteiger partial charge in [0.15, 0.2) is 0 Å². The van der Waals surface area contributed by atoms with Gasteiger partial charge in [0, 0.05) is 0 Å². The van der Waals surface area contributed by atoms with Crippen molar-refractivity contribution in [1.29, 1.82) is 0 Å². The lowest BCUT2D eigenvalue weighted by Gasteiger charge is -2.07. The highest BCUT2D eigenvalue weighted by Crippen LogP contribution is 2.08. The summed E-state index contributed by atoms with van der Waals surface area (Å²) in [6.07, 6.45) is 90.6. The van der Waals surface area contributed by atoms with E-state index in [1.165, 1.54) is 109 Å². The normalized spacial score (nSPS) is 12.4. The SMILES string of the molecule is C/C=C/C=C/CCC.CC/C=C\C/C=C\CC.CC/C=C\C=C\CC.CC/C=C\C=C\CCC.CC/C=C\CC(O)CCC.CC/C=C\CCCCC.CCC/C=C/C(O)CCC.CCC/C=C/CCCC.CCCCCC(O)CCC. The van der Waals surface area contributed by atoms with Gasteiger partial charge in [0.05, 0.1) is 18.3 Å². The number of hydrogen-bond acceptors (Lipinski definition) is 3. The Bertz CT molecular complexity index is 1320. The molecule has 0 spiro atoms. The molecule has 0 amide bonds. The third kappa shape index (κ3) is 147. The second kappa shape index (κ2) is 113. The van der Waals surface area contributed by atoms with Crippen LogP contribution in [0, 0.1) is 0 Å². The number of rotatable bonds is 40. The first-order valence-electron chi connectivity index (χ1n) is 34.8. The summed E-state index contributed by atoms with van der Waals surface area (Å²) in [7, 11) is 0. The number of aliphatic hydroxyl groups excluding tert-OH is 3. The minimum absolute atomic E-state index is 0.0310. The van der Waals surface area contributed by atoms with Crippen molar-refractivity contribution >= 4 is 0 Å². The van der Waals surface area contributed by atoms with E-state index >= 15 is 0 Å². The molecule has 0 aliphatic rings. The number of aliphatic hydroxyl groups is 3. The minimum Gasteiger partial charge on any atom is -0.393 e. The number of unbranched alkanes of at least 4 members (excludes halogenated alkanes) is 11. The molecular weight excluding hydrogens is 997 g/mol. The van der Waals surface area contributed by atoms with Gasteiger partial charge in [-0.05, 0) is 135 Å². The lowest BCUT2D eigenvalue weighted by molar-refractivity contribution is 0.150. The average Bonchev–Trinajstić information content (AvgIpc) is 3.47. The molecule has 0 fully saturated rings. The summed E-state index contributed by atoms with van der Waals surface area (Å²) in [5.74, 6) is 0. The van der Waals surface area contributed by atoms with Gasteiger partial charge in [-0.15, -0.1) is 0 Å². The molecule has 3 unspecified atom stereocenters. The first kappa shape index (κ1) is 97.9. The lowest BCUT2D eigenvalue weighted by atomic mass is 10.1. The van der Waals surface area contributed by atoms with Crippen LogP contribution in [0.2, 0.25) is 0 Å². The van der Waals surface area contributed by atoms with Crippen LogP contribution in [0.25, 0.3) is 0 Å². The smallest absolute Gasteiger partial charge is 0.0720 e. The monoisotopic (exact) mass is 1150 g/mol. The van der Waals surface area contributed by atoms with E-state index in [-0.39, 0.29) is 18.3 Å². The summed E-state index contributed by atoms with van der Waals surface area (Å²) in [6.45, 7) is 38.7. The molecule has 3 atom stereocenters. The molecule has 0 bridgehead atoms. The van der Waals surface area contributed by atoms with Crippen LogP contribution in [0.5, 0.6) is 0 Å². The highest BCUT2D eigenvalue weighted by molar-refractivity contribution is 5.02. The molecule has 3 nitrogen and oxygen atoms in total. The molecule has 0 radical (unpaired) electrons. The van der Waals surface area contributed by atoms with Gasteiger partial charge in [0.2, 0.25) is 0 Å². The summed E-state index contributed by atoms with van der Waals surface area (Å²) in [4.78, 5) is 0. The third-order valence-electron chi connectivity index (χ3n) is 11.2. The zero-order valence-corrected chi connectivity index (χ0v) is 59.0. The Labute approximate surface area is 519 Å². The Morgan fingerprint density at radius 1 is 0.256 bits per heavy atom. The first-order chi connectivity index (χ1) is 39.9. The van der Waals surface area contributed by atoms with Crippen LogP contribution < -0.4 is 0 Å². The molecule has 0 aliphatic carbocycles. The molecule has 486 valence electrons. The van der Waals surface area contributed by atoms with Crippen molar-refractivity contribution in [2.24, 2.45) is 0 Å². The Kier molecular flexibility index (Phi) is 134. The van der Waals surface area contributed by atoms with E-state index in [9.17, 15) is 15.3 Å². The van der Waals surface area contributed by atoms with Gasteiger partial charge < -0.3 is 15.3 Å². The van der Waals surface area contributed by atoms with E-state index in [2.05, 4.69) is 251 Å². The standard InChI is InChI=1S/C9H20O.2C9H18O.2C9H18.2C9H16.2C8H14/c3*1-3-5-6-8-9(10)7-4-2;4*1-3-5-7-9-8-6-4-2;2*1-3-5-7-8-6-4-2/h9-10H,3-8H2,1-2H3;6,8-10H,3-5,7H2,1-2H3;5-6,9-10H,3-4,7-8H2,1-2H3;7,9H,3-6,8H2,1-2H3;5,7H,3-4,6,8-9H2,1-2H3;5,7-9H,3-4,6H2,1-2H3;5-8H,3-4,9H2,1-2H3;5-8H,3-4H2,1-2H3;3,5,7-8H,4,6H2,1-2H3/b;8-6+;6-5-;9-7+;7-5-;7-5-,9-8+;7-5-,8-6-;7-5-,8-6+;5-3+,8-7+. The van der Waals surface area contributed by atoms with E-state index in [0.29, 0.717) is 0 Å². The van der Waals surface area contributed by atoms with E-state index in [1.54, 1.807) is 0 Å². The summed E-state index contributed by atoms with van der Waals surface area (Å²) in [6, 6.07) is 0. The van der Waals surface area contributed by atoms with Gasteiger partial charge in [-0.1, -0.05) is 353 Å². The first-order valence-corrected chi connectivity index (χ1v) is 34.8. The molecule has 0 saturated heterocycles. The fraction of sp³-hybridized carbons (Fsp3) is 0.696. The Morgan fingerprint density at radius 2 is 0.610 bits per heavy atom. The van der Waals surface area contributed by atoms with Crippen molar-refractivity contribution in [3.63, 3.8) is 0 Å². The molecule has 0 saturated carbocycles. The van der Waals surface area contributed by atoms with Crippen molar-refractivity contribution in [2.75, 3.05) is 0 Å². The Hall–Kier alpha value is -3.24. The van der Waals surface area contributed by atoms with Crippen molar-refractivity contribution < 1.29 is 15.3 Å². The van der Waals surface area contributed by atoms with Gasteiger partial charge >= 0.3 is 0 Å². The fourth-order valence-electron chi connectivity index (χ4n) is 6.35. The van der Waals surface area contributed by atoms with Crippen LogP contribution in [-0.2, 0) is 0 Å². The quantitative estimate of drug-likeness (QED) is 0.0326. The molecule has 0 aromatic rings. The highest BCUT2D eigenvalue weighted by Gasteiger charge is 2.00. The molecular formula is C79H152O3. The van der Waals surface area contributed by atoms with Crippen LogP contribution in [0.3, 0.4) is 0 Å². The summed E-state index contributed by atoms with van der Waals surface area (Å²) in [5, 5.41) is 27.7. The van der Waals surface area contributed by atoms with Gasteiger partial charge in [0.25, 0.3) is 0 Å². The number of hydrogen-bond donors (Lipinski definition) is 3. The summed E-state index contributed by atoms with van der Waals surface area (Å²) >= 11 is 0. The van der Waals surface area contributed by atoms with E-state index in [4.69, 9.17) is 0 Å². The predicted octanol–water partition coefficient (Wildman–Crippen LogP) is 27.3. The summed E-state index contributed by atoms with van der Waals surface area (Å²) in [5.41, 5.74) is 0. The molecule has 0 aromatic heterocycles. The van der Waals surface area contributed by atoms with Crippen molar-refractivity contribution in [1.82, 2.24) is 0 Å². The maximum Gasteiger partial charge on any atom is 0.0720 e. The Morgan fingerprint density at radius 3 is 1.04 bits per heavy atom. The topological polar surface area (TPSA) is 60.7 Å². The van der Waals surface area contributed by atoms with E-state index in [1.807, 2.05) is 19.1 Å². The zero-order valence-electron chi connectivity index (χ0n) is 59.0. The maximum absolute atomic E-state index is 9.28. The average molecular weight is 1150 g/mol. The largest absolute Gasteiger partial charge is 0.393 e. The molecule has 0 heterocycles. The molecule has 3 heteroatoms. The van der Waals surface area contributed by atoms with Crippen molar-refractivity contribution in [3.8, 4) is 0 Å². The molecule has 82 heavy (non-hydrogen) atoms. The Balaban J connectivity index is -0.000000105. The molecule has 0 rings (SSSR count). The van der Waals surface area contributed by atoms with Crippen LogP contribution >= 0.6 is 0 Å². The maximum atomic E-state index is 9.28. The van der Waals surface area contributed by atoms with Crippen molar-refractivity contribution in [3.05, 3.63) is 146 Å². The molecule has 0 aliphatic heterocycles. The summed E-state index contributed by atoms with van der Waals surface area (Å²) < 4.78 is 0. The molecule has 3 N–H and O–H groups in total. The van der Waals surface area contributed by atoms with Crippen LogP contribution in [0.15, 0.2) is 146 Å². The van der Waals surface area contributed by atoms with Crippen molar-refractivity contribution in [2.45, 2.75) is 361 Å². The lowest BCUT2D eigenvalue weighted by Crippen LogP contribution is -2.04. The minimum atomic E-state index is -0.212. The highest BCUT2D eigenvalue weighted by atomic mass is 16.3. The second-order valence-electron chi connectivity index (χ2n) is 20.3. The number of allylic oxidation sites excluding steroid dienone is 22. The van der Waals surface area contributed by atoms with E-state index < -0.39 is 0 Å². The van der Waals surface area contributed by atoms with Gasteiger partial charge in [-0.25, -0.2) is 0 Å². The van der Waals surface area contributed by atoms with Crippen LogP contribution in [-0.4, -0.2) is 33.6 Å². The van der Waals surface area contributed by atoms with E-state index in [0.717, 1.165) is 109 Å². The third-order valence-corrected chi connectivity index (χ3v) is 11.2. The van der Waals surface area contributed by atoms with Crippen LogP contribution in [0.4, 0.5) is 0 Å².